The first-order chi connectivity index (χ1) is 6.77. The largest absolute Gasteiger partial charge is 0.247 e. The smallest absolute Gasteiger partial charge is 0.0883 e. The van der Waals surface area contributed by atoms with Crippen LogP contribution < -0.4 is 0 Å². The third kappa shape index (κ3) is 2.80. The molecule has 0 fully saturated rings. The van der Waals surface area contributed by atoms with E-state index in [0.717, 1.165) is 12.1 Å². The molecule has 0 aliphatic carbocycles. The maximum atomic E-state index is 4.29. The van der Waals surface area contributed by atoms with Crippen molar-refractivity contribution >= 4 is 0 Å². The molecule has 0 aliphatic heterocycles. The van der Waals surface area contributed by atoms with Gasteiger partial charge >= 0.3 is 0 Å². The van der Waals surface area contributed by atoms with Crippen molar-refractivity contribution in [3.63, 3.8) is 0 Å². The molecule has 0 bridgehead atoms. The topological polar surface area (TPSA) is 30.7 Å². The summed E-state index contributed by atoms with van der Waals surface area (Å²) >= 11 is 0. The van der Waals surface area contributed by atoms with E-state index in [-0.39, 0.29) is 11.0 Å². The van der Waals surface area contributed by atoms with Crippen LogP contribution in [0.2, 0.25) is 0 Å². The van der Waals surface area contributed by atoms with Crippen LogP contribution in [0.25, 0.3) is 0 Å². The molecule has 0 unspecified atom stereocenters. The van der Waals surface area contributed by atoms with Gasteiger partial charge in [-0.15, -0.1) is 5.10 Å². The van der Waals surface area contributed by atoms with Crippen LogP contribution in [0.3, 0.4) is 0 Å². The molecule has 0 aliphatic rings. The Labute approximate surface area is 92.9 Å². The van der Waals surface area contributed by atoms with Gasteiger partial charge in [0.25, 0.3) is 0 Å². The molecule has 1 heterocycles. The fraction of sp³-hybridized carbons (Fsp3) is 0.833. The highest BCUT2D eigenvalue weighted by atomic mass is 15.4. The first kappa shape index (κ1) is 12.2. The van der Waals surface area contributed by atoms with E-state index in [4.69, 9.17) is 0 Å². The van der Waals surface area contributed by atoms with Crippen molar-refractivity contribution in [1.82, 2.24) is 15.0 Å². The molecule has 86 valence electrons. The summed E-state index contributed by atoms with van der Waals surface area (Å²) in [5, 5.41) is 8.49. The second-order valence-corrected chi connectivity index (χ2v) is 5.85. The summed E-state index contributed by atoms with van der Waals surface area (Å²) < 4.78 is 1.94. The molecule has 3 heteroatoms. The number of nitrogens with zero attached hydrogens (tertiary/aromatic N) is 3. The van der Waals surface area contributed by atoms with Crippen molar-refractivity contribution in [2.75, 3.05) is 0 Å². The average molecular weight is 209 g/mol. The van der Waals surface area contributed by atoms with Crippen LogP contribution in [0, 0.1) is 0 Å². The lowest BCUT2D eigenvalue weighted by Gasteiger charge is -2.21. The molecule has 0 spiro atoms. The molecule has 1 aromatic heterocycles. The average Bonchev–Trinajstić information content (AvgIpc) is 2.50. The predicted molar refractivity (Wildman–Crippen MR) is 63.0 cm³/mol. The Bertz CT molecular complexity index is 318. The van der Waals surface area contributed by atoms with Gasteiger partial charge in [-0.3, -0.25) is 0 Å². The quantitative estimate of drug-likeness (QED) is 0.765. The highest BCUT2D eigenvalue weighted by Crippen LogP contribution is 2.27. The molecule has 3 nitrogen and oxygen atoms in total. The maximum absolute atomic E-state index is 4.29. The van der Waals surface area contributed by atoms with Gasteiger partial charge in [-0.2, -0.15) is 0 Å². The zero-order chi connectivity index (χ0) is 11.7. The van der Waals surface area contributed by atoms with Gasteiger partial charge < -0.3 is 0 Å². The SMILES string of the molecule is CCCC(C)(C)c1cn(C(C)(C)C)nn1. The molecule has 0 saturated heterocycles. The molecule has 1 aromatic rings. The molecular weight excluding hydrogens is 186 g/mol. The number of hydrogen-bond donors (Lipinski definition) is 0. The Morgan fingerprint density at radius 2 is 1.80 bits per heavy atom. The molecule has 0 atom stereocenters. The highest BCUT2D eigenvalue weighted by molar-refractivity contribution is 5.09. The van der Waals surface area contributed by atoms with Crippen LogP contribution in [0.15, 0.2) is 6.20 Å². The zero-order valence-corrected chi connectivity index (χ0v) is 10.8. The summed E-state index contributed by atoms with van der Waals surface area (Å²) in [6, 6.07) is 0. The van der Waals surface area contributed by atoms with E-state index in [9.17, 15) is 0 Å². The Balaban J connectivity index is 2.94. The highest BCUT2D eigenvalue weighted by Gasteiger charge is 2.25. The summed E-state index contributed by atoms with van der Waals surface area (Å²) in [6.45, 7) is 13.1. The number of aromatic nitrogens is 3. The van der Waals surface area contributed by atoms with E-state index in [2.05, 4.69) is 58.1 Å². The van der Waals surface area contributed by atoms with Crippen molar-refractivity contribution in [2.24, 2.45) is 0 Å². The summed E-state index contributed by atoms with van der Waals surface area (Å²) in [5.41, 5.74) is 1.26. The van der Waals surface area contributed by atoms with Crippen LogP contribution in [0.4, 0.5) is 0 Å². The maximum Gasteiger partial charge on any atom is 0.0883 e. The molecule has 0 aromatic carbocycles. The molecule has 0 N–H and O–H groups in total. The summed E-state index contributed by atoms with van der Waals surface area (Å²) in [6.07, 6.45) is 4.40. The van der Waals surface area contributed by atoms with Gasteiger partial charge in [-0.05, 0) is 27.2 Å². The van der Waals surface area contributed by atoms with Gasteiger partial charge in [-0.25, -0.2) is 4.68 Å². The molecule has 1 rings (SSSR count). The summed E-state index contributed by atoms with van der Waals surface area (Å²) in [7, 11) is 0. The van der Waals surface area contributed by atoms with Gasteiger partial charge in [0.1, 0.15) is 0 Å². The normalized spacial score (nSPS) is 13.2. The van der Waals surface area contributed by atoms with E-state index < -0.39 is 0 Å². The molecule has 15 heavy (non-hydrogen) atoms. The summed E-state index contributed by atoms with van der Waals surface area (Å²) in [4.78, 5) is 0. The minimum atomic E-state index is 0.0214. The molecular formula is C12H23N3. The Kier molecular flexibility index (Phi) is 3.22. The standard InChI is InChI=1S/C12H23N3/c1-7-8-12(5,6)10-9-15(14-13-10)11(2,3)4/h9H,7-8H2,1-6H3. The second kappa shape index (κ2) is 3.95. The Hall–Kier alpha value is -0.860. The predicted octanol–water partition coefficient (Wildman–Crippen LogP) is 3.11. The van der Waals surface area contributed by atoms with Crippen LogP contribution in [-0.2, 0) is 11.0 Å². The van der Waals surface area contributed by atoms with Gasteiger partial charge in [0.2, 0.25) is 0 Å². The zero-order valence-electron chi connectivity index (χ0n) is 10.8. The first-order valence-electron chi connectivity index (χ1n) is 5.70. The first-order valence-corrected chi connectivity index (χ1v) is 5.70. The Morgan fingerprint density at radius 1 is 1.20 bits per heavy atom. The Morgan fingerprint density at radius 3 is 2.20 bits per heavy atom. The van der Waals surface area contributed by atoms with E-state index in [1.54, 1.807) is 0 Å². The molecule has 0 amide bonds. The van der Waals surface area contributed by atoms with Crippen molar-refractivity contribution in [1.29, 1.82) is 0 Å². The van der Waals surface area contributed by atoms with Gasteiger partial charge in [0.05, 0.1) is 11.2 Å². The molecule has 0 saturated carbocycles. The monoisotopic (exact) mass is 209 g/mol. The van der Waals surface area contributed by atoms with Crippen LogP contribution >= 0.6 is 0 Å². The lowest BCUT2D eigenvalue weighted by atomic mass is 9.85. The minimum Gasteiger partial charge on any atom is -0.247 e. The van der Waals surface area contributed by atoms with Crippen molar-refractivity contribution < 1.29 is 0 Å². The third-order valence-corrected chi connectivity index (χ3v) is 2.75. The molecule has 0 radical (unpaired) electrons. The number of rotatable bonds is 3. The van der Waals surface area contributed by atoms with E-state index in [0.29, 0.717) is 0 Å². The van der Waals surface area contributed by atoms with Gasteiger partial charge in [0, 0.05) is 11.6 Å². The van der Waals surface area contributed by atoms with Gasteiger partial charge in [0.15, 0.2) is 0 Å². The van der Waals surface area contributed by atoms with E-state index >= 15 is 0 Å². The minimum absolute atomic E-state index is 0.0214. The second-order valence-electron chi connectivity index (χ2n) is 5.85. The number of hydrogen-bond acceptors (Lipinski definition) is 2. The third-order valence-electron chi connectivity index (χ3n) is 2.75. The van der Waals surface area contributed by atoms with E-state index in [1.807, 2.05) is 4.68 Å². The van der Waals surface area contributed by atoms with Gasteiger partial charge in [-0.1, -0.05) is 32.4 Å². The fourth-order valence-electron chi connectivity index (χ4n) is 1.65. The van der Waals surface area contributed by atoms with Crippen LogP contribution in [0.1, 0.15) is 60.1 Å². The van der Waals surface area contributed by atoms with Crippen molar-refractivity contribution in [2.45, 2.75) is 65.3 Å². The summed E-state index contributed by atoms with van der Waals surface area (Å²) in [5.74, 6) is 0. The van der Waals surface area contributed by atoms with Crippen molar-refractivity contribution in [3.05, 3.63) is 11.9 Å². The van der Waals surface area contributed by atoms with E-state index in [1.165, 1.54) is 6.42 Å². The lowest BCUT2D eigenvalue weighted by molar-refractivity contribution is 0.346. The fourth-order valence-corrected chi connectivity index (χ4v) is 1.65. The van der Waals surface area contributed by atoms with Crippen LogP contribution in [0.5, 0.6) is 0 Å². The van der Waals surface area contributed by atoms with Crippen molar-refractivity contribution in [3.8, 4) is 0 Å². The lowest BCUT2D eigenvalue weighted by Crippen LogP contribution is -2.22. The van der Waals surface area contributed by atoms with Crippen LogP contribution in [-0.4, -0.2) is 15.0 Å².